The van der Waals surface area contributed by atoms with Crippen molar-refractivity contribution >= 4 is 33.3 Å². The number of hydrogen-bond acceptors (Lipinski definition) is 4. The minimum Gasteiger partial charge on any atom is -0.475 e. The van der Waals surface area contributed by atoms with Gasteiger partial charge in [0.05, 0.1) is 10.6 Å². The Morgan fingerprint density at radius 3 is 2.38 bits per heavy atom. The lowest BCUT2D eigenvalue weighted by molar-refractivity contribution is 0.0663. The maximum Gasteiger partial charge on any atom is 0.371 e. The van der Waals surface area contributed by atoms with Crippen molar-refractivity contribution in [3.8, 4) is 11.3 Å². The lowest BCUT2D eigenvalue weighted by Gasteiger charge is -2.13. The second-order valence-electron chi connectivity index (χ2n) is 5.51. The standard InChI is InChI=1S/C18H14ClNO5S/c1-11-14(16-9-10-17(25-16)18(21)22)3-2-4-15(11)20-26(23,24)13-7-5-12(19)6-8-13/h2-10,20H,1H3,(H,21,22). The average molecular weight is 392 g/mol. The highest BCUT2D eigenvalue weighted by Gasteiger charge is 2.18. The molecule has 0 amide bonds. The van der Waals surface area contributed by atoms with Gasteiger partial charge in [0, 0.05) is 10.6 Å². The van der Waals surface area contributed by atoms with Gasteiger partial charge in [-0.2, -0.15) is 0 Å². The van der Waals surface area contributed by atoms with Gasteiger partial charge < -0.3 is 9.52 Å². The van der Waals surface area contributed by atoms with Gasteiger partial charge in [-0.15, -0.1) is 0 Å². The van der Waals surface area contributed by atoms with Crippen LogP contribution in [0.1, 0.15) is 16.1 Å². The van der Waals surface area contributed by atoms with Crippen LogP contribution in [0, 0.1) is 6.92 Å². The van der Waals surface area contributed by atoms with E-state index in [-0.39, 0.29) is 10.7 Å². The zero-order valence-electron chi connectivity index (χ0n) is 13.6. The van der Waals surface area contributed by atoms with Crippen LogP contribution >= 0.6 is 11.6 Å². The van der Waals surface area contributed by atoms with Crippen LogP contribution in [-0.2, 0) is 10.0 Å². The maximum absolute atomic E-state index is 12.6. The van der Waals surface area contributed by atoms with Crippen LogP contribution in [0.4, 0.5) is 5.69 Å². The molecule has 3 aromatic rings. The van der Waals surface area contributed by atoms with E-state index in [1.165, 1.54) is 36.4 Å². The van der Waals surface area contributed by atoms with Gasteiger partial charge in [-0.05, 0) is 55.0 Å². The molecule has 0 fully saturated rings. The fourth-order valence-corrected chi connectivity index (χ4v) is 3.68. The van der Waals surface area contributed by atoms with E-state index in [0.717, 1.165) is 0 Å². The molecule has 0 spiro atoms. The summed E-state index contributed by atoms with van der Waals surface area (Å²) in [5.74, 6) is -1.02. The first-order chi connectivity index (χ1) is 12.3. The van der Waals surface area contributed by atoms with E-state index in [1.54, 1.807) is 25.1 Å². The average Bonchev–Trinajstić information content (AvgIpc) is 3.07. The maximum atomic E-state index is 12.6. The molecule has 6 nitrogen and oxygen atoms in total. The number of halogens is 1. The third-order valence-corrected chi connectivity index (χ3v) is 5.42. The largest absolute Gasteiger partial charge is 0.475 e. The van der Waals surface area contributed by atoms with Gasteiger partial charge in [-0.3, -0.25) is 4.72 Å². The van der Waals surface area contributed by atoms with Crippen LogP contribution < -0.4 is 4.72 Å². The summed E-state index contributed by atoms with van der Waals surface area (Å²) >= 11 is 5.79. The third kappa shape index (κ3) is 3.58. The number of carboxylic acids is 1. The van der Waals surface area contributed by atoms with Crippen molar-refractivity contribution in [2.24, 2.45) is 0 Å². The minimum absolute atomic E-state index is 0.0814. The van der Waals surface area contributed by atoms with E-state index in [2.05, 4.69) is 4.72 Å². The van der Waals surface area contributed by atoms with Crippen molar-refractivity contribution in [3.05, 3.63) is 70.9 Å². The second-order valence-corrected chi connectivity index (χ2v) is 7.63. The molecular weight excluding hydrogens is 378 g/mol. The molecule has 0 saturated carbocycles. The highest BCUT2D eigenvalue weighted by Crippen LogP contribution is 2.31. The first-order valence-electron chi connectivity index (χ1n) is 7.49. The van der Waals surface area contributed by atoms with E-state index < -0.39 is 16.0 Å². The van der Waals surface area contributed by atoms with Crippen molar-refractivity contribution in [1.29, 1.82) is 0 Å². The first-order valence-corrected chi connectivity index (χ1v) is 9.35. The molecule has 0 unspecified atom stereocenters. The molecule has 0 radical (unpaired) electrons. The number of carbonyl (C=O) groups is 1. The van der Waals surface area contributed by atoms with E-state index in [1.807, 2.05) is 0 Å². The van der Waals surface area contributed by atoms with Gasteiger partial charge >= 0.3 is 5.97 Å². The summed E-state index contributed by atoms with van der Waals surface area (Å²) in [6, 6.07) is 13.7. The van der Waals surface area contributed by atoms with Gasteiger partial charge in [0.15, 0.2) is 0 Å². The van der Waals surface area contributed by atoms with Crippen molar-refractivity contribution in [2.75, 3.05) is 4.72 Å². The molecule has 8 heteroatoms. The molecule has 0 aliphatic heterocycles. The Bertz CT molecular complexity index is 1070. The van der Waals surface area contributed by atoms with E-state index >= 15 is 0 Å². The smallest absolute Gasteiger partial charge is 0.371 e. The van der Waals surface area contributed by atoms with Crippen LogP contribution in [0.5, 0.6) is 0 Å². The van der Waals surface area contributed by atoms with Crippen LogP contribution in [0.2, 0.25) is 5.02 Å². The predicted octanol–water partition coefficient (Wildman–Crippen LogP) is 4.41. The Morgan fingerprint density at radius 1 is 1.08 bits per heavy atom. The molecule has 0 atom stereocenters. The lowest BCUT2D eigenvalue weighted by atomic mass is 10.1. The summed E-state index contributed by atoms with van der Waals surface area (Å²) in [6.45, 7) is 1.72. The molecular formula is C18H14ClNO5S. The molecule has 0 bridgehead atoms. The third-order valence-electron chi connectivity index (χ3n) is 3.78. The highest BCUT2D eigenvalue weighted by molar-refractivity contribution is 7.92. The number of anilines is 1. The zero-order valence-corrected chi connectivity index (χ0v) is 15.1. The summed E-state index contributed by atoms with van der Waals surface area (Å²) in [5, 5.41) is 9.41. The number of rotatable bonds is 5. The monoisotopic (exact) mass is 391 g/mol. The van der Waals surface area contributed by atoms with Crippen LogP contribution in [0.3, 0.4) is 0 Å². The summed E-state index contributed by atoms with van der Waals surface area (Å²) in [6.07, 6.45) is 0. The molecule has 0 aliphatic carbocycles. The van der Waals surface area contributed by atoms with Crippen molar-refractivity contribution < 1.29 is 22.7 Å². The normalized spacial score (nSPS) is 11.3. The Morgan fingerprint density at radius 2 is 1.77 bits per heavy atom. The fourth-order valence-electron chi connectivity index (χ4n) is 2.43. The van der Waals surface area contributed by atoms with Crippen molar-refractivity contribution in [2.45, 2.75) is 11.8 Å². The summed E-state index contributed by atoms with van der Waals surface area (Å²) in [7, 11) is -3.79. The van der Waals surface area contributed by atoms with Crippen molar-refractivity contribution in [3.63, 3.8) is 0 Å². The lowest BCUT2D eigenvalue weighted by Crippen LogP contribution is -2.13. The molecule has 0 saturated heterocycles. The Balaban J connectivity index is 1.96. The molecule has 26 heavy (non-hydrogen) atoms. The summed E-state index contributed by atoms with van der Waals surface area (Å²) in [5.41, 5.74) is 1.57. The number of hydrogen-bond donors (Lipinski definition) is 2. The number of nitrogens with one attached hydrogen (secondary N) is 1. The van der Waals surface area contributed by atoms with E-state index in [4.69, 9.17) is 21.1 Å². The van der Waals surface area contributed by atoms with E-state index in [0.29, 0.717) is 27.6 Å². The zero-order chi connectivity index (χ0) is 18.9. The second kappa shape index (κ2) is 6.86. The SMILES string of the molecule is Cc1c(NS(=O)(=O)c2ccc(Cl)cc2)cccc1-c1ccc(C(=O)O)o1. The fraction of sp³-hybridized carbons (Fsp3) is 0.0556. The summed E-state index contributed by atoms with van der Waals surface area (Å²) in [4.78, 5) is 11.1. The van der Waals surface area contributed by atoms with Crippen LogP contribution in [0.15, 0.2) is 63.9 Å². The van der Waals surface area contributed by atoms with Gasteiger partial charge in [0.25, 0.3) is 10.0 Å². The number of sulfonamides is 1. The molecule has 1 aromatic heterocycles. The van der Waals surface area contributed by atoms with Crippen molar-refractivity contribution in [1.82, 2.24) is 0 Å². The molecule has 134 valence electrons. The number of aromatic carboxylic acids is 1. The quantitative estimate of drug-likeness (QED) is 0.671. The predicted molar refractivity (Wildman–Crippen MR) is 98.1 cm³/mol. The van der Waals surface area contributed by atoms with Crippen LogP contribution in [0.25, 0.3) is 11.3 Å². The molecule has 2 aromatic carbocycles. The first kappa shape index (κ1) is 18.0. The number of furan rings is 1. The minimum atomic E-state index is -3.79. The number of benzene rings is 2. The highest BCUT2D eigenvalue weighted by atomic mass is 35.5. The van der Waals surface area contributed by atoms with Gasteiger partial charge in [0.2, 0.25) is 5.76 Å². The molecule has 2 N–H and O–H groups in total. The van der Waals surface area contributed by atoms with Gasteiger partial charge in [-0.25, -0.2) is 13.2 Å². The molecule has 1 heterocycles. The summed E-state index contributed by atoms with van der Waals surface area (Å²) < 4.78 is 32.9. The Labute approximate surface area is 155 Å². The topological polar surface area (TPSA) is 96.6 Å². The van der Waals surface area contributed by atoms with Gasteiger partial charge in [-0.1, -0.05) is 23.7 Å². The Hall–Kier alpha value is -2.77. The Kier molecular flexibility index (Phi) is 4.76. The van der Waals surface area contributed by atoms with E-state index in [9.17, 15) is 13.2 Å². The molecule has 3 rings (SSSR count). The number of carboxylic acid groups (broad SMARTS) is 1. The van der Waals surface area contributed by atoms with Gasteiger partial charge in [0.1, 0.15) is 5.76 Å². The van der Waals surface area contributed by atoms with Crippen LogP contribution in [-0.4, -0.2) is 19.5 Å². The molecule has 0 aliphatic rings.